The SMILES string of the molecule is CCC(=O)N(c1ccc(F)cc1)C1CCN(CC(C)C)CC1. The Kier molecular flexibility index (Phi) is 5.95. The normalized spacial score (nSPS) is 17.0. The molecule has 1 aromatic rings. The van der Waals surface area contributed by atoms with E-state index in [-0.39, 0.29) is 17.8 Å². The van der Waals surface area contributed by atoms with Gasteiger partial charge in [-0.15, -0.1) is 0 Å². The molecule has 1 saturated heterocycles. The number of halogens is 1. The molecule has 1 heterocycles. The third-order valence-electron chi connectivity index (χ3n) is 4.22. The second-order valence-corrected chi connectivity index (χ2v) is 6.52. The lowest BCUT2D eigenvalue weighted by molar-refractivity contribution is -0.119. The van der Waals surface area contributed by atoms with E-state index in [1.54, 1.807) is 12.1 Å². The third-order valence-corrected chi connectivity index (χ3v) is 4.22. The van der Waals surface area contributed by atoms with Gasteiger partial charge in [-0.1, -0.05) is 20.8 Å². The molecule has 0 atom stereocenters. The van der Waals surface area contributed by atoms with E-state index in [1.807, 2.05) is 11.8 Å². The fourth-order valence-electron chi connectivity index (χ4n) is 3.21. The molecular formula is C18H27FN2O. The van der Waals surface area contributed by atoms with Crippen molar-refractivity contribution in [3.8, 4) is 0 Å². The molecule has 1 amide bonds. The van der Waals surface area contributed by atoms with Crippen molar-refractivity contribution in [2.75, 3.05) is 24.5 Å². The highest BCUT2D eigenvalue weighted by atomic mass is 19.1. The van der Waals surface area contributed by atoms with Crippen LogP contribution in [0.5, 0.6) is 0 Å². The van der Waals surface area contributed by atoms with Crippen molar-refractivity contribution in [2.24, 2.45) is 5.92 Å². The molecule has 0 aromatic heterocycles. The predicted octanol–water partition coefficient (Wildman–Crippen LogP) is 3.69. The highest BCUT2D eigenvalue weighted by molar-refractivity contribution is 5.93. The molecule has 4 heteroatoms. The summed E-state index contributed by atoms with van der Waals surface area (Å²) in [5.74, 6) is 0.523. The average Bonchev–Trinajstić information content (AvgIpc) is 2.50. The van der Waals surface area contributed by atoms with Crippen molar-refractivity contribution >= 4 is 11.6 Å². The van der Waals surface area contributed by atoms with Gasteiger partial charge < -0.3 is 9.80 Å². The van der Waals surface area contributed by atoms with E-state index in [9.17, 15) is 9.18 Å². The monoisotopic (exact) mass is 306 g/mol. The van der Waals surface area contributed by atoms with E-state index in [0.717, 1.165) is 38.2 Å². The summed E-state index contributed by atoms with van der Waals surface area (Å²) in [6.07, 6.45) is 2.44. The standard InChI is InChI=1S/C18H27FN2O/c1-4-18(22)21(16-7-5-15(19)6-8-16)17-9-11-20(12-10-17)13-14(2)3/h5-8,14,17H,4,9-13H2,1-3H3. The Labute approximate surface area is 133 Å². The summed E-state index contributed by atoms with van der Waals surface area (Å²) in [5, 5.41) is 0. The van der Waals surface area contributed by atoms with Gasteiger partial charge in [0.25, 0.3) is 0 Å². The lowest BCUT2D eigenvalue weighted by Crippen LogP contribution is -2.48. The van der Waals surface area contributed by atoms with Crippen LogP contribution in [-0.2, 0) is 4.79 Å². The van der Waals surface area contributed by atoms with Gasteiger partial charge in [0.2, 0.25) is 5.91 Å². The van der Waals surface area contributed by atoms with E-state index in [0.29, 0.717) is 12.3 Å². The topological polar surface area (TPSA) is 23.6 Å². The lowest BCUT2D eigenvalue weighted by Gasteiger charge is -2.39. The molecule has 1 fully saturated rings. The minimum atomic E-state index is -0.264. The summed E-state index contributed by atoms with van der Waals surface area (Å²) in [7, 11) is 0. The summed E-state index contributed by atoms with van der Waals surface area (Å²) in [5.41, 5.74) is 0.815. The smallest absolute Gasteiger partial charge is 0.226 e. The summed E-state index contributed by atoms with van der Waals surface area (Å²) in [4.78, 5) is 16.7. The quantitative estimate of drug-likeness (QED) is 0.828. The van der Waals surface area contributed by atoms with Crippen LogP contribution in [-0.4, -0.2) is 36.5 Å². The van der Waals surface area contributed by atoms with Gasteiger partial charge >= 0.3 is 0 Å². The zero-order valence-electron chi connectivity index (χ0n) is 13.9. The van der Waals surface area contributed by atoms with Crippen LogP contribution in [0, 0.1) is 11.7 Å². The van der Waals surface area contributed by atoms with Crippen LogP contribution in [0.4, 0.5) is 10.1 Å². The Morgan fingerprint density at radius 2 is 1.86 bits per heavy atom. The molecule has 0 N–H and O–H groups in total. The zero-order chi connectivity index (χ0) is 16.1. The van der Waals surface area contributed by atoms with Crippen LogP contribution < -0.4 is 4.90 Å². The zero-order valence-corrected chi connectivity index (χ0v) is 13.9. The number of anilines is 1. The Bertz CT molecular complexity index is 478. The minimum Gasteiger partial charge on any atom is -0.309 e. The van der Waals surface area contributed by atoms with E-state index >= 15 is 0 Å². The van der Waals surface area contributed by atoms with Gasteiger partial charge in [-0.05, 0) is 43.0 Å². The highest BCUT2D eigenvalue weighted by Crippen LogP contribution is 2.25. The Hall–Kier alpha value is -1.42. The van der Waals surface area contributed by atoms with Gasteiger partial charge in [0, 0.05) is 37.8 Å². The molecule has 1 aliphatic heterocycles. The van der Waals surface area contributed by atoms with Crippen molar-refractivity contribution in [1.29, 1.82) is 0 Å². The van der Waals surface area contributed by atoms with Crippen molar-refractivity contribution in [1.82, 2.24) is 4.90 Å². The molecule has 1 aliphatic rings. The Morgan fingerprint density at radius 1 is 1.27 bits per heavy atom. The van der Waals surface area contributed by atoms with Crippen molar-refractivity contribution in [3.05, 3.63) is 30.1 Å². The largest absolute Gasteiger partial charge is 0.309 e. The first-order valence-corrected chi connectivity index (χ1v) is 8.31. The first-order valence-electron chi connectivity index (χ1n) is 8.31. The highest BCUT2D eigenvalue weighted by Gasteiger charge is 2.28. The van der Waals surface area contributed by atoms with Crippen LogP contribution >= 0.6 is 0 Å². The Balaban J connectivity index is 2.08. The van der Waals surface area contributed by atoms with Crippen LogP contribution in [0.1, 0.15) is 40.0 Å². The number of carbonyl (C=O) groups is 1. The number of rotatable bonds is 5. The Morgan fingerprint density at radius 3 is 2.36 bits per heavy atom. The number of piperidine rings is 1. The van der Waals surface area contributed by atoms with Crippen LogP contribution in [0.2, 0.25) is 0 Å². The number of likely N-dealkylation sites (tertiary alicyclic amines) is 1. The average molecular weight is 306 g/mol. The van der Waals surface area contributed by atoms with Crippen molar-refractivity contribution < 1.29 is 9.18 Å². The maximum Gasteiger partial charge on any atom is 0.226 e. The van der Waals surface area contributed by atoms with E-state index in [4.69, 9.17) is 0 Å². The summed E-state index contributed by atoms with van der Waals surface area (Å²) in [6.45, 7) is 9.52. The number of hydrogen-bond donors (Lipinski definition) is 0. The van der Waals surface area contributed by atoms with Gasteiger partial charge in [0.05, 0.1) is 0 Å². The number of benzene rings is 1. The van der Waals surface area contributed by atoms with Crippen molar-refractivity contribution in [3.63, 3.8) is 0 Å². The van der Waals surface area contributed by atoms with Gasteiger partial charge in [0.15, 0.2) is 0 Å². The molecule has 0 aliphatic carbocycles. The number of carbonyl (C=O) groups excluding carboxylic acids is 1. The molecule has 122 valence electrons. The van der Waals surface area contributed by atoms with Gasteiger partial charge in [0.1, 0.15) is 5.82 Å². The number of nitrogens with zero attached hydrogens (tertiary/aromatic N) is 2. The second-order valence-electron chi connectivity index (χ2n) is 6.52. The van der Waals surface area contributed by atoms with Crippen LogP contribution in [0.15, 0.2) is 24.3 Å². The van der Waals surface area contributed by atoms with E-state index in [2.05, 4.69) is 18.7 Å². The molecule has 22 heavy (non-hydrogen) atoms. The molecule has 0 unspecified atom stereocenters. The van der Waals surface area contributed by atoms with Crippen LogP contribution in [0.3, 0.4) is 0 Å². The molecule has 0 saturated carbocycles. The molecule has 0 bridgehead atoms. The van der Waals surface area contributed by atoms with Gasteiger partial charge in [-0.2, -0.15) is 0 Å². The molecule has 1 aromatic carbocycles. The fourth-order valence-corrected chi connectivity index (χ4v) is 3.21. The first kappa shape index (κ1) is 16.9. The summed E-state index contributed by atoms with van der Waals surface area (Å²) in [6, 6.07) is 6.51. The summed E-state index contributed by atoms with van der Waals surface area (Å²) >= 11 is 0. The number of hydrogen-bond acceptors (Lipinski definition) is 2. The van der Waals surface area contributed by atoms with E-state index < -0.39 is 0 Å². The number of amides is 1. The van der Waals surface area contributed by atoms with Gasteiger partial charge in [-0.3, -0.25) is 4.79 Å². The summed E-state index contributed by atoms with van der Waals surface area (Å²) < 4.78 is 13.1. The molecule has 3 nitrogen and oxygen atoms in total. The minimum absolute atomic E-state index is 0.119. The lowest BCUT2D eigenvalue weighted by atomic mass is 10.0. The molecular weight excluding hydrogens is 279 g/mol. The van der Waals surface area contributed by atoms with Crippen molar-refractivity contribution in [2.45, 2.75) is 46.1 Å². The molecule has 0 radical (unpaired) electrons. The molecule has 0 spiro atoms. The molecule has 2 rings (SSSR count). The first-order chi connectivity index (χ1) is 10.5. The third kappa shape index (κ3) is 4.29. The maximum atomic E-state index is 13.1. The van der Waals surface area contributed by atoms with E-state index in [1.165, 1.54) is 12.1 Å². The second kappa shape index (κ2) is 7.73. The fraction of sp³-hybridized carbons (Fsp3) is 0.611. The van der Waals surface area contributed by atoms with Crippen LogP contribution in [0.25, 0.3) is 0 Å². The van der Waals surface area contributed by atoms with Gasteiger partial charge in [-0.25, -0.2) is 4.39 Å². The maximum absolute atomic E-state index is 13.1. The predicted molar refractivity (Wildman–Crippen MR) is 88.5 cm³/mol.